The van der Waals surface area contributed by atoms with E-state index < -0.39 is 28.5 Å². The Labute approximate surface area is 287 Å². The lowest BCUT2D eigenvalue weighted by atomic mass is 10.0. The van der Waals surface area contributed by atoms with Crippen molar-refractivity contribution in [2.75, 3.05) is 10.8 Å². The van der Waals surface area contributed by atoms with Crippen LogP contribution in [0.3, 0.4) is 0 Å². The first kappa shape index (κ1) is 34.5. The average Bonchev–Trinajstić information content (AvgIpc) is 3.57. The predicted octanol–water partition coefficient (Wildman–Crippen LogP) is 7.50. The monoisotopic (exact) mass is 691 g/mol. The number of anilines is 1. The summed E-state index contributed by atoms with van der Waals surface area (Å²) < 4.78 is 29.7. The zero-order chi connectivity index (χ0) is 33.6. The van der Waals surface area contributed by atoms with Gasteiger partial charge in [0.15, 0.2) is 0 Å². The Morgan fingerprint density at radius 2 is 1.49 bits per heavy atom. The summed E-state index contributed by atoms with van der Waals surface area (Å²) in [4.78, 5) is 30.3. The van der Waals surface area contributed by atoms with Gasteiger partial charge >= 0.3 is 0 Å². The quantitative estimate of drug-likeness (QED) is 0.167. The number of benzene rings is 4. The maximum absolute atomic E-state index is 14.7. The van der Waals surface area contributed by atoms with Gasteiger partial charge in [0.05, 0.1) is 10.6 Å². The molecule has 47 heavy (non-hydrogen) atoms. The van der Waals surface area contributed by atoms with Crippen molar-refractivity contribution in [3.63, 3.8) is 0 Å². The first-order chi connectivity index (χ1) is 22.5. The Morgan fingerprint density at radius 1 is 0.830 bits per heavy atom. The zero-order valence-corrected chi connectivity index (χ0v) is 28.9. The highest BCUT2D eigenvalue weighted by Crippen LogP contribution is 2.32. The highest BCUT2D eigenvalue weighted by Gasteiger charge is 2.36. The van der Waals surface area contributed by atoms with E-state index in [0.717, 1.165) is 46.7 Å². The fourth-order valence-electron chi connectivity index (χ4n) is 5.93. The first-order valence-electron chi connectivity index (χ1n) is 15.8. The molecule has 0 aromatic heterocycles. The molecule has 4 aromatic rings. The number of halogens is 2. The van der Waals surface area contributed by atoms with Crippen molar-refractivity contribution < 1.29 is 18.0 Å². The van der Waals surface area contributed by atoms with Crippen LogP contribution in [0.2, 0.25) is 10.0 Å². The van der Waals surface area contributed by atoms with Gasteiger partial charge in [0.25, 0.3) is 10.0 Å². The van der Waals surface area contributed by atoms with E-state index in [2.05, 4.69) is 5.32 Å². The van der Waals surface area contributed by atoms with E-state index >= 15 is 0 Å². The summed E-state index contributed by atoms with van der Waals surface area (Å²) in [6, 6.07) is 27.2. The van der Waals surface area contributed by atoms with Crippen LogP contribution >= 0.6 is 23.2 Å². The Morgan fingerprint density at radius 3 is 2.15 bits per heavy atom. The Hall–Kier alpha value is -3.85. The maximum atomic E-state index is 14.7. The second-order valence-electron chi connectivity index (χ2n) is 12.1. The zero-order valence-electron chi connectivity index (χ0n) is 26.5. The minimum atomic E-state index is -4.23. The second-order valence-corrected chi connectivity index (χ2v) is 14.8. The molecule has 1 aliphatic rings. The molecule has 0 saturated heterocycles. The van der Waals surface area contributed by atoms with E-state index in [9.17, 15) is 18.0 Å². The molecular formula is C37H39Cl2N3O4S. The first-order valence-corrected chi connectivity index (χ1v) is 18.0. The van der Waals surface area contributed by atoms with Crippen molar-refractivity contribution in [1.29, 1.82) is 0 Å². The number of aryl methyl sites for hydroxylation is 1. The second kappa shape index (κ2) is 15.4. The van der Waals surface area contributed by atoms with Gasteiger partial charge in [0.1, 0.15) is 12.6 Å². The molecule has 246 valence electrons. The van der Waals surface area contributed by atoms with Crippen LogP contribution in [0.15, 0.2) is 102 Å². The van der Waals surface area contributed by atoms with Gasteiger partial charge in [0, 0.05) is 29.1 Å². The van der Waals surface area contributed by atoms with Crippen LogP contribution in [-0.2, 0) is 32.6 Å². The number of hydrogen-bond acceptors (Lipinski definition) is 4. The fourth-order valence-corrected chi connectivity index (χ4v) is 7.69. The van der Waals surface area contributed by atoms with Gasteiger partial charge in [0.2, 0.25) is 11.8 Å². The molecule has 1 fully saturated rings. The molecule has 1 atom stereocenters. The molecule has 0 radical (unpaired) electrons. The minimum absolute atomic E-state index is 0.0285. The highest BCUT2D eigenvalue weighted by molar-refractivity contribution is 7.92. The van der Waals surface area contributed by atoms with E-state index in [1.807, 2.05) is 37.3 Å². The van der Waals surface area contributed by atoms with Crippen molar-refractivity contribution in [1.82, 2.24) is 10.2 Å². The molecule has 4 aromatic carbocycles. The Kier molecular flexibility index (Phi) is 11.3. The molecular weight excluding hydrogens is 653 g/mol. The van der Waals surface area contributed by atoms with Crippen LogP contribution in [0.1, 0.15) is 47.9 Å². The van der Waals surface area contributed by atoms with Crippen molar-refractivity contribution in [3.8, 4) is 0 Å². The number of hydrogen-bond donors (Lipinski definition) is 1. The molecule has 0 spiro atoms. The van der Waals surface area contributed by atoms with Gasteiger partial charge in [-0.3, -0.25) is 13.9 Å². The lowest BCUT2D eigenvalue weighted by molar-refractivity contribution is -0.140. The summed E-state index contributed by atoms with van der Waals surface area (Å²) in [5.41, 5.74) is 3.33. The van der Waals surface area contributed by atoms with Crippen LogP contribution in [0, 0.1) is 13.8 Å². The summed E-state index contributed by atoms with van der Waals surface area (Å²) in [5.74, 6) is -0.799. The summed E-state index contributed by atoms with van der Waals surface area (Å²) in [5, 5.41) is 4.10. The summed E-state index contributed by atoms with van der Waals surface area (Å²) in [7, 11) is -4.23. The fraction of sp³-hybridized carbons (Fsp3) is 0.297. The lowest BCUT2D eigenvalue weighted by Gasteiger charge is -2.34. The maximum Gasteiger partial charge on any atom is 0.264 e. The van der Waals surface area contributed by atoms with Crippen molar-refractivity contribution in [3.05, 3.63) is 129 Å². The molecule has 0 heterocycles. The Bertz CT molecular complexity index is 1790. The third kappa shape index (κ3) is 8.55. The van der Waals surface area contributed by atoms with Crippen LogP contribution in [0.25, 0.3) is 0 Å². The number of carbonyl (C=O) groups is 2. The van der Waals surface area contributed by atoms with E-state index in [4.69, 9.17) is 23.2 Å². The average molecular weight is 693 g/mol. The van der Waals surface area contributed by atoms with Crippen molar-refractivity contribution >= 4 is 50.7 Å². The molecule has 10 heteroatoms. The molecule has 2 amide bonds. The minimum Gasteiger partial charge on any atom is -0.352 e. The van der Waals surface area contributed by atoms with Crippen LogP contribution in [0.4, 0.5) is 5.69 Å². The SMILES string of the molecule is Cc1ccc(S(=O)(=O)N(CC(=O)N(Cc2ccc(Cl)cc2)[C@H](Cc2ccccc2)C(=O)NC2CCCC2)c2cccc(Cl)c2C)cc1. The van der Waals surface area contributed by atoms with E-state index in [1.54, 1.807) is 61.5 Å². The van der Waals surface area contributed by atoms with Crippen LogP contribution in [0.5, 0.6) is 0 Å². The van der Waals surface area contributed by atoms with Crippen LogP contribution < -0.4 is 9.62 Å². The standard InChI is InChI=1S/C37H39Cl2N3O4S/c1-26-15-21-32(22-16-26)47(45,46)42(34-14-8-13-33(39)27(34)2)25-36(43)41(24-29-17-19-30(38)20-18-29)35(23-28-9-4-3-5-10-28)37(44)40-31-11-6-7-12-31/h3-5,8-10,13-22,31,35H,6-7,11-12,23-25H2,1-2H3,(H,40,44)/t35-/m1/s1. The van der Waals surface area contributed by atoms with Gasteiger partial charge in [-0.2, -0.15) is 0 Å². The molecule has 5 rings (SSSR count). The van der Waals surface area contributed by atoms with Crippen molar-refractivity contribution in [2.24, 2.45) is 0 Å². The van der Waals surface area contributed by atoms with E-state index in [-0.39, 0.29) is 35.5 Å². The molecule has 1 aliphatic carbocycles. The third-order valence-electron chi connectivity index (χ3n) is 8.63. The Balaban J connectivity index is 1.58. The molecule has 0 aliphatic heterocycles. The number of sulfonamides is 1. The van der Waals surface area contributed by atoms with Gasteiger partial charge in [-0.05, 0) is 79.8 Å². The number of carbonyl (C=O) groups excluding carboxylic acids is 2. The van der Waals surface area contributed by atoms with Gasteiger partial charge < -0.3 is 10.2 Å². The number of amides is 2. The molecule has 1 saturated carbocycles. The topological polar surface area (TPSA) is 86.8 Å². The van der Waals surface area contributed by atoms with Gasteiger partial charge in [-0.1, -0.05) is 102 Å². The van der Waals surface area contributed by atoms with Crippen molar-refractivity contribution in [2.45, 2.75) is 69.5 Å². The lowest BCUT2D eigenvalue weighted by Crippen LogP contribution is -2.54. The van der Waals surface area contributed by atoms with Crippen LogP contribution in [-0.4, -0.2) is 43.8 Å². The highest BCUT2D eigenvalue weighted by atomic mass is 35.5. The third-order valence-corrected chi connectivity index (χ3v) is 11.1. The van der Waals surface area contributed by atoms with Gasteiger partial charge in [-0.15, -0.1) is 0 Å². The van der Waals surface area contributed by atoms with E-state index in [1.165, 1.54) is 17.0 Å². The predicted molar refractivity (Wildman–Crippen MR) is 188 cm³/mol. The normalized spacial score (nSPS) is 14.0. The molecule has 7 nitrogen and oxygen atoms in total. The number of nitrogens with zero attached hydrogens (tertiary/aromatic N) is 2. The summed E-state index contributed by atoms with van der Waals surface area (Å²) >= 11 is 12.7. The van der Waals surface area contributed by atoms with E-state index in [0.29, 0.717) is 15.6 Å². The smallest absolute Gasteiger partial charge is 0.264 e. The largest absolute Gasteiger partial charge is 0.352 e. The number of nitrogens with one attached hydrogen (secondary N) is 1. The number of rotatable bonds is 12. The molecule has 1 N–H and O–H groups in total. The molecule has 0 unspecified atom stereocenters. The summed E-state index contributed by atoms with van der Waals surface area (Å²) in [6.07, 6.45) is 4.08. The molecule has 0 bridgehead atoms. The summed E-state index contributed by atoms with van der Waals surface area (Å²) in [6.45, 7) is 3.11. The van der Waals surface area contributed by atoms with Gasteiger partial charge in [-0.25, -0.2) is 8.42 Å².